The second kappa shape index (κ2) is 8.08. The third kappa shape index (κ3) is 3.86. The largest absolute Gasteiger partial charge is 0.0879 e. The van der Waals surface area contributed by atoms with Crippen molar-refractivity contribution in [3.05, 3.63) is 11.6 Å². The first-order valence-corrected chi connectivity index (χ1v) is 6.40. The van der Waals surface area contributed by atoms with Crippen molar-refractivity contribution < 1.29 is 0 Å². The molecule has 0 aliphatic heterocycles. The Bertz CT molecular complexity index is 151. The van der Waals surface area contributed by atoms with Crippen LogP contribution in [0, 0.1) is 11.8 Å². The van der Waals surface area contributed by atoms with Crippen molar-refractivity contribution in [3.8, 4) is 0 Å². The van der Waals surface area contributed by atoms with Gasteiger partial charge in [0.2, 0.25) is 0 Å². The molecule has 1 unspecified atom stereocenters. The van der Waals surface area contributed by atoms with Crippen LogP contribution in [-0.2, 0) is 0 Å². The third-order valence-electron chi connectivity index (χ3n) is 3.39. The molecule has 0 saturated heterocycles. The molecule has 0 radical (unpaired) electrons. The van der Waals surface area contributed by atoms with Gasteiger partial charge < -0.3 is 0 Å². The minimum atomic E-state index is 0.830. The van der Waals surface area contributed by atoms with Crippen LogP contribution in [0.2, 0.25) is 0 Å². The summed E-state index contributed by atoms with van der Waals surface area (Å²) in [5.41, 5.74) is 1.72. The van der Waals surface area contributed by atoms with E-state index in [0.717, 1.165) is 11.8 Å². The van der Waals surface area contributed by atoms with Gasteiger partial charge in [-0.3, -0.25) is 0 Å². The molecule has 0 aromatic carbocycles. The summed E-state index contributed by atoms with van der Waals surface area (Å²) in [7, 11) is 0. The van der Waals surface area contributed by atoms with Crippen LogP contribution in [0.15, 0.2) is 11.6 Å². The van der Waals surface area contributed by atoms with Gasteiger partial charge in [0.25, 0.3) is 0 Å². The summed E-state index contributed by atoms with van der Waals surface area (Å²) in [6, 6.07) is 0. The lowest BCUT2D eigenvalue weighted by molar-refractivity contribution is 0.440. The topological polar surface area (TPSA) is 0 Å². The number of rotatable bonds is 7. The van der Waals surface area contributed by atoms with Crippen molar-refractivity contribution in [2.24, 2.45) is 11.8 Å². The summed E-state index contributed by atoms with van der Waals surface area (Å²) < 4.78 is 0. The molecule has 0 nitrogen and oxygen atoms in total. The summed E-state index contributed by atoms with van der Waals surface area (Å²) in [4.78, 5) is 0. The minimum Gasteiger partial charge on any atom is -0.0879 e. The first-order valence-electron chi connectivity index (χ1n) is 6.40. The van der Waals surface area contributed by atoms with E-state index in [-0.39, 0.29) is 0 Å². The fraction of sp³-hybridized carbons (Fsp3) is 0.857. The fourth-order valence-electron chi connectivity index (χ4n) is 2.52. The number of hydrogen-bond acceptors (Lipinski definition) is 0. The molecular formula is C14H28. The van der Waals surface area contributed by atoms with Crippen LogP contribution in [0.25, 0.3) is 0 Å². The smallest absolute Gasteiger partial charge is 0.0203 e. The van der Waals surface area contributed by atoms with E-state index in [1.807, 2.05) is 0 Å². The highest BCUT2D eigenvalue weighted by Crippen LogP contribution is 2.30. The lowest BCUT2D eigenvalue weighted by Crippen LogP contribution is -2.12. The average Bonchev–Trinajstić information content (AvgIpc) is 2.23. The summed E-state index contributed by atoms with van der Waals surface area (Å²) >= 11 is 0. The van der Waals surface area contributed by atoms with E-state index in [2.05, 4.69) is 40.7 Å². The van der Waals surface area contributed by atoms with Gasteiger partial charge in [-0.15, -0.1) is 0 Å². The second-order valence-corrected chi connectivity index (χ2v) is 4.20. The highest BCUT2D eigenvalue weighted by atomic mass is 14.2. The van der Waals surface area contributed by atoms with Crippen LogP contribution in [0.5, 0.6) is 0 Å². The lowest BCUT2D eigenvalue weighted by atomic mass is 9.81. The first kappa shape index (κ1) is 13.7. The van der Waals surface area contributed by atoms with E-state index in [4.69, 9.17) is 0 Å². The highest BCUT2D eigenvalue weighted by Gasteiger charge is 2.17. The highest BCUT2D eigenvalue weighted by molar-refractivity contribution is 5.09. The molecule has 14 heavy (non-hydrogen) atoms. The monoisotopic (exact) mass is 196 g/mol. The minimum absolute atomic E-state index is 0.830. The van der Waals surface area contributed by atoms with Gasteiger partial charge in [0.1, 0.15) is 0 Å². The fourth-order valence-corrected chi connectivity index (χ4v) is 2.52. The van der Waals surface area contributed by atoms with E-state index in [0.29, 0.717) is 0 Å². The Morgan fingerprint density at radius 3 is 1.71 bits per heavy atom. The Hall–Kier alpha value is -0.260. The first-order chi connectivity index (χ1) is 6.74. The molecule has 0 heterocycles. The van der Waals surface area contributed by atoms with Gasteiger partial charge in [-0.25, -0.2) is 0 Å². The van der Waals surface area contributed by atoms with Gasteiger partial charge in [-0.2, -0.15) is 0 Å². The van der Waals surface area contributed by atoms with Gasteiger partial charge >= 0.3 is 0 Å². The molecule has 0 fully saturated rings. The van der Waals surface area contributed by atoms with Crippen molar-refractivity contribution in [1.82, 2.24) is 0 Å². The Labute approximate surface area is 90.8 Å². The summed E-state index contributed by atoms with van der Waals surface area (Å²) in [5, 5.41) is 0. The van der Waals surface area contributed by atoms with Crippen LogP contribution in [-0.4, -0.2) is 0 Å². The van der Waals surface area contributed by atoms with Crippen LogP contribution in [0.3, 0.4) is 0 Å². The van der Waals surface area contributed by atoms with Crippen molar-refractivity contribution in [1.29, 1.82) is 0 Å². The summed E-state index contributed by atoms with van der Waals surface area (Å²) in [5.74, 6) is 1.67. The molecule has 84 valence electrons. The Kier molecular flexibility index (Phi) is 7.93. The van der Waals surface area contributed by atoms with Gasteiger partial charge in [-0.1, -0.05) is 45.8 Å². The Morgan fingerprint density at radius 2 is 1.43 bits per heavy atom. The van der Waals surface area contributed by atoms with Crippen molar-refractivity contribution in [3.63, 3.8) is 0 Å². The molecule has 0 saturated carbocycles. The van der Waals surface area contributed by atoms with E-state index in [1.54, 1.807) is 5.57 Å². The maximum Gasteiger partial charge on any atom is -0.0203 e. The van der Waals surface area contributed by atoms with Gasteiger partial charge in [0, 0.05) is 0 Å². The molecule has 0 rings (SSSR count). The quantitative estimate of drug-likeness (QED) is 0.491. The van der Waals surface area contributed by atoms with E-state index in [9.17, 15) is 0 Å². The maximum atomic E-state index is 2.38. The van der Waals surface area contributed by atoms with Crippen molar-refractivity contribution in [2.75, 3.05) is 0 Å². The number of allylic oxidation sites excluding steroid dienone is 2. The van der Waals surface area contributed by atoms with E-state index in [1.165, 1.54) is 32.1 Å². The molecule has 0 bridgehead atoms. The van der Waals surface area contributed by atoms with Crippen molar-refractivity contribution >= 4 is 0 Å². The van der Waals surface area contributed by atoms with E-state index >= 15 is 0 Å². The van der Waals surface area contributed by atoms with Gasteiger partial charge in [0.15, 0.2) is 0 Å². The van der Waals surface area contributed by atoms with Gasteiger partial charge in [-0.05, 0) is 44.4 Å². The second-order valence-electron chi connectivity index (χ2n) is 4.20. The molecular weight excluding hydrogens is 168 g/mol. The van der Waals surface area contributed by atoms with Crippen LogP contribution < -0.4 is 0 Å². The molecule has 0 N–H and O–H groups in total. The van der Waals surface area contributed by atoms with E-state index < -0.39 is 0 Å². The summed E-state index contributed by atoms with van der Waals surface area (Å²) in [6.45, 7) is 11.5. The zero-order chi connectivity index (χ0) is 11.0. The van der Waals surface area contributed by atoms with Crippen LogP contribution >= 0.6 is 0 Å². The lowest BCUT2D eigenvalue weighted by Gasteiger charge is -2.25. The standard InChI is InChI=1S/C14H28/c1-6-11-13(9-4)14(10-5)12(7-2)8-3/h10,12-13H,6-9,11H2,1-5H3/b14-10-. The molecule has 0 spiro atoms. The van der Waals surface area contributed by atoms with Gasteiger partial charge in [0.05, 0.1) is 0 Å². The molecule has 0 aliphatic carbocycles. The molecule has 0 aromatic rings. The van der Waals surface area contributed by atoms with Crippen molar-refractivity contribution in [2.45, 2.75) is 66.7 Å². The predicted molar refractivity (Wildman–Crippen MR) is 66.5 cm³/mol. The molecule has 1 atom stereocenters. The molecule has 0 amide bonds. The third-order valence-corrected chi connectivity index (χ3v) is 3.39. The maximum absolute atomic E-state index is 2.38. The molecule has 0 aromatic heterocycles. The zero-order valence-corrected chi connectivity index (χ0v) is 10.8. The normalized spacial score (nSPS) is 14.9. The molecule has 0 heteroatoms. The molecule has 0 aliphatic rings. The summed E-state index contributed by atoms with van der Waals surface area (Å²) in [6.07, 6.45) is 8.97. The Balaban J connectivity index is 4.49. The SMILES string of the molecule is C/C=C(/C(CC)CC)C(CC)CCC. The van der Waals surface area contributed by atoms with Crippen LogP contribution in [0.4, 0.5) is 0 Å². The Morgan fingerprint density at radius 1 is 0.929 bits per heavy atom. The zero-order valence-electron chi connectivity index (χ0n) is 10.8. The van der Waals surface area contributed by atoms with Crippen LogP contribution in [0.1, 0.15) is 66.7 Å². The number of hydrogen-bond donors (Lipinski definition) is 0. The average molecular weight is 196 g/mol. The predicted octanol–water partition coefficient (Wildman–Crippen LogP) is 5.20.